The van der Waals surface area contributed by atoms with E-state index in [4.69, 9.17) is 33.4 Å². The van der Waals surface area contributed by atoms with Gasteiger partial charge < -0.3 is 0 Å². The highest BCUT2D eigenvalue weighted by Crippen LogP contribution is 2.38. The number of tetrazole rings is 2. The van der Waals surface area contributed by atoms with Crippen LogP contribution in [-0.4, -0.2) is 60.0 Å². The van der Waals surface area contributed by atoms with Crippen molar-refractivity contribution in [3.63, 3.8) is 0 Å². The quantitative estimate of drug-likeness (QED) is 0.131. The summed E-state index contributed by atoms with van der Waals surface area (Å²) >= 11 is 15.4. The minimum atomic E-state index is 0.597. The van der Waals surface area contributed by atoms with Crippen LogP contribution in [0.1, 0.15) is 0 Å². The molecule has 0 amide bonds. The Kier molecular flexibility index (Phi) is 12.0. The predicted molar refractivity (Wildman–Crippen MR) is 245 cm³/mol. The minimum Gasteiger partial charge on any atom is -0.239 e. The van der Waals surface area contributed by atoms with Gasteiger partial charge in [-0.25, -0.2) is 14.0 Å². The van der Waals surface area contributed by atoms with E-state index >= 15 is 0 Å². The van der Waals surface area contributed by atoms with Gasteiger partial charge in [0, 0.05) is 61.5 Å². The molecule has 0 spiro atoms. The standard InChI is InChI=1S/2C23H17ClN6S/c1-29-23(25-27-28-29)17-9-7-16(8-10-17)22-21(31-20-13-11-18(24)12-14-20)15-30(26-22)19-5-3-2-4-6-19;1-29-27-23(25-28-29)17-9-7-16(8-10-17)22-21(31-20-13-11-18(24)12-14-20)15-30(26-22)19-5-3-2-4-6-19/h2*2-15H,1H3. The molecule has 0 fully saturated rings. The lowest BCUT2D eigenvalue weighted by atomic mass is 10.1. The maximum Gasteiger partial charge on any atom is 0.204 e. The zero-order chi connectivity index (χ0) is 42.4. The third-order valence-corrected chi connectivity index (χ3v) is 12.0. The second kappa shape index (κ2) is 18.4. The zero-order valence-electron chi connectivity index (χ0n) is 33.1. The van der Waals surface area contributed by atoms with E-state index < -0.39 is 0 Å². The smallest absolute Gasteiger partial charge is 0.204 e. The summed E-state index contributed by atoms with van der Waals surface area (Å²) in [4.78, 5) is 5.75. The van der Waals surface area contributed by atoms with Crippen LogP contribution in [0, 0.1) is 0 Å². The SMILES string of the molecule is Cn1nnc(-c2ccc(-c3nn(-c4ccccc4)cc3Sc3ccc(Cl)cc3)cc2)n1.Cn1nnnc1-c1ccc(-c2nn(-c3ccccc3)cc2Sc2ccc(Cl)cc2)cc1. The predicted octanol–water partition coefficient (Wildman–Crippen LogP) is 11.1. The summed E-state index contributed by atoms with van der Waals surface area (Å²) in [6, 6.07) is 52.0. The normalized spacial score (nSPS) is 11.0. The maximum atomic E-state index is 6.05. The van der Waals surface area contributed by atoms with Crippen LogP contribution in [0.5, 0.6) is 0 Å². The Balaban J connectivity index is 0.000000158. The highest BCUT2D eigenvalue weighted by atomic mass is 35.5. The summed E-state index contributed by atoms with van der Waals surface area (Å²) < 4.78 is 5.47. The molecule has 0 saturated carbocycles. The Hall–Kier alpha value is -6.84. The van der Waals surface area contributed by atoms with Crippen LogP contribution in [0.25, 0.3) is 56.7 Å². The summed E-state index contributed by atoms with van der Waals surface area (Å²) in [5.41, 5.74) is 7.72. The van der Waals surface area contributed by atoms with Gasteiger partial charge in [-0.2, -0.15) is 15.0 Å². The highest BCUT2D eigenvalue weighted by molar-refractivity contribution is 7.99. The molecule has 4 aromatic heterocycles. The van der Waals surface area contributed by atoms with Gasteiger partial charge in [-0.1, -0.05) is 132 Å². The summed E-state index contributed by atoms with van der Waals surface area (Å²) in [6.07, 6.45) is 4.12. The Morgan fingerprint density at radius 3 is 1.32 bits per heavy atom. The molecular weight excluding hydrogens is 856 g/mol. The van der Waals surface area contributed by atoms with Crippen LogP contribution in [0.15, 0.2) is 190 Å². The van der Waals surface area contributed by atoms with Gasteiger partial charge in [-0.05, 0) is 88.4 Å². The first-order valence-corrected chi connectivity index (χ1v) is 21.6. The summed E-state index contributed by atoms with van der Waals surface area (Å²) in [6.45, 7) is 0. The van der Waals surface area contributed by atoms with E-state index in [0.29, 0.717) is 5.82 Å². The fourth-order valence-electron chi connectivity index (χ4n) is 6.38. The van der Waals surface area contributed by atoms with E-state index in [0.717, 1.165) is 80.5 Å². The summed E-state index contributed by atoms with van der Waals surface area (Å²) in [5.74, 6) is 1.32. The average molecular weight is 890 g/mol. The molecule has 0 aliphatic carbocycles. The third-order valence-electron chi connectivity index (χ3n) is 9.45. The number of hydrogen-bond acceptors (Lipinski definition) is 10. The summed E-state index contributed by atoms with van der Waals surface area (Å²) in [7, 11) is 3.58. The van der Waals surface area contributed by atoms with Crippen LogP contribution in [-0.2, 0) is 14.1 Å². The van der Waals surface area contributed by atoms with Gasteiger partial charge in [0.05, 0.1) is 28.2 Å². The van der Waals surface area contributed by atoms with Crippen LogP contribution in [0.4, 0.5) is 0 Å². The van der Waals surface area contributed by atoms with Crippen molar-refractivity contribution in [1.29, 1.82) is 0 Å². The first-order valence-electron chi connectivity index (χ1n) is 19.2. The Bertz CT molecular complexity index is 3040. The Morgan fingerprint density at radius 1 is 0.452 bits per heavy atom. The largest absolute Gasteiger partial charge is 0.239 e. The van der Waals surface area contributed by atoms with Crippen molar-refractivity contribution in [2.75, 3.05) is 0 Å². The molecule has 62 heavy (non-hydrogen) atoms. The number of para-hydroxylation sites is 2. The van der Waals surface area contributed by atoms with E-state index in [1.165, 1.54) is 4.80 Å². The van der Waals surface area contributed by atoms with Crippen LogP contribution in [0.2, 0.25) is 10.0 Å². The topological polar surface area (TPSA) is 123 Å². The van der Waals surface area contributed by atoms with Gasteiger partial charge >= 0.3 is 0 Å². The molecule has 10 aromatic rings. The first kappa shape index (κ1) is 40.6. The van der Waals surface area contributed by atoms with Crippen LogP contribution < -0.4 is 0 Å². The molecule has 12 nitrogen and oxygen atoms in total. The van der Waals surface area contributed by atoms with Gasteiger partial charge in [-0.15, -0.1) is 15.3 Å². The van der Waals surface area contributed by atoms with Gasteiger partial charge in [-0.3, -0.25) is 0 Å². The van der Waals surface area contributed by atoms with E-state index in [1.54, 1.807) is 35.3 Å². The molecule has 10 rings (SSSR count). The second-order valence-electron chi connectivity index (χ2n) is 13.7. The number of benzene rings is 6. The highest BCUT2D eigenvalue weighted by Gasteiger charge is 2.17. The molecule has 0 unspecified atom stereocenters. The monoisotopic (exact) mass is 888 g/mol. The number of aromatic nitrogens is 12. The number of rotatable bonds is 10. The van der Waals surface area contributed by atoms with Gasteiger partial charge in [0.2, 0.25) is 5.82 Å². The number of hydrogen-bond donors (Lipinski definition) is 0. The molecule has 6 aromatic carbocycles. The molecule has 16 heteroatoms. The van der Waals surface area contributed by atoms with E-state index in [9.17, 15) is 0 Å². The van der Waals surface area contributed by atoms with Crippen molar-refractivity contribution in [2.24, 2.45) is 14.1 Å². The van der Waals surface area contributed by atoms with Gasteiger partial charge in [0.1, 0.15) is 11.4 Å². The van der Waals surface area contributed by atoms with Crippen molar-refractivity contribution in [3.8, 4) is 56.7 Å². The molecule has 0 radical (unpaired) electrons. The van der Waals surface area contributed by atoms with E-state index in [1.807, 2.05) is 174 Å². The molecule has 0 N–H and O–H groups in total. The average Bonchev–Trinajstić information content (AvgIpc) is 4.14. The van der Waals surface area contributed by atoms with E-state index in [-0.39, 0.29) is 0 Å². The number of halogens is 2. The molecule has 0 atom stereocenters. The number of nitrogens with zero attached hydrogens (tertiary/aromatic N) is 12. The van der Waals surface area contributed by atoms with Gasteiger partial charge in [0.15, 0.2) is 5.82 Å². The second-order valence-corrected chi connectivity index (χ2v) is 16.8. The first-order chi connectivity index (χ1) is 30.3. The van der Waals surface area contributed by atoms with Crippen molar-refractivity contribution >= 4 is 46.7 Å². The third kappa shape index (κ3) is 9.38. The van der Waals surface area contributed by atoms with Gasteiger partial charge in [0.25, 0.3) is 0 Å². The zero-order valence-corrected chi connectivity index (χ0v) is 36.2. The van der Waals surface area contributed by atoms with Crippen LogP contribution in [0.3, 0.4) is 0 Å². The lowest BCUT2D eigenvalue weighted by Crippen LogP contribution is -1.95. The van der Waals surface area contributed by atoms with Crippen molar-refractivity contribution < 1.29 is 0 Å². The lowest BCUT2D eigenvalue weighted by Gasteiger charge is -2.04. The van der Waals surface area contributed by atoms with Crippen molar-refractivity contribution in [2.45, 2.75) is 19.6 Å². The molecule has 4 heterocycles. The summed E-state index contributed by atoms with van der Waals surface area (Å²) in [5, 5.41) is 35.2. The molecule has 0 aliphatic rings. The Labute approximate surface area is 375 Å². The van der Waals surface area contributed by atoms with E-state index in [2.05, 4.69) is 43.3 Å². The minimum absolute atomic E-state index is 0.597. The molecule has 304 valence electrons. The molecule has 0 bridgehead atoms. The number of aryl methyl sites for hydroxylation is 2. The lowest BCUT2D eigenvalue weighted by molar-refractivity contribution is 0.630. The molecule has 0 saturated heterocycles. The Morgan fingerprint density at radius 2 is 0.903 bits per heavy atom. The molecular formula is C46H34Cl2N12S2. The van der Waals surface area contributed by atoms with Crippen molar-refractivity contribution in [3.05, 3.63) is 180 Å². The van der Waals surface area contributed by atoms with Crippen molar-refractivity contribution in [1.82, 2.24) is 60.0 Å². The fraction of sp³-hybridized carbons (Fsp3) is 0.0435. The van der Waals surface area contributed by atoms with Crippen LogP contribution >= 0.6 is 46.7 Å². The maximum absolute atomic E-state index is 6.05. The molecule has 0 aliphatic heterocycles. The fourth-order valence-corrected chi connectivity index (χ4v) is 8.50.